The molecule has 3 rings (SSSR count). The van der Waals surface area contributed by atoms with Crippen LogP contribution in [0, 0.1) is 13.8 Å². The van der Waals surface area contributed by atoms with E-state index >= 15 is 0 Å². The van der Waals surface area contributed by atoms with Crippen LogP contribution in [0.25, 0.3) is 11.4 Å². The van der Waals surface area contributed by atoms with Crippen LogP contribution in [0.4, 0.5) is 0 Å². The Bertz CT molecular complexity index is 959. The van der Waals surface area contributed by atoms with Crippen LogP contribution < -0.4 is 10.1 Å². The second-order valence-corrected chi connectivity index (χ2v) is 6.74. The molecule has 0 fully saturated rings. The first-order chi connectivity index (χ1) is 13.4. The van der Waals surface area contributed by atoms with Crippen LogP contribution in [0.2, 0.25) is 0 Å². The van der Waals surface area contributed by atoms with Crippen molar-refractivity contribution >= 4 is 5.91 Å². The Labute approximate surface area is 163 Å². The molecule has 1 unspecified atom stereocenters. The van der Waals surface area contributed by atoms with Gasteiger partial charge in [-0.2, -0.15) is 10.1 Å². The van der Waals surface area contributed by atoms with Crippen LogP contribution in [0.15, 0.2) is 28.8 Å². The maximum atomic E-state index is 12.3. The second kappa shape index (κ2) is 8.24. The predicted octanol–water partition coefficient (Wildman–Crippen LogP) is 2.91. The van der Waals surface area contributed by atoms with Gasteiger partial charge in [0.15, 0.2) is 0 Å². The summed E-state index contributed by atoms with van der Waals surface area (Å²) in [5.74, 6) is 1.62. The predicted molar refractivity (Wildman–Crippen MR) is 104 cm³/mol. The van der Waals surface area contributed by atoms with Gasteiger partial charge < -0.3 is 14.6 Å². The first-order valence-electron chi connectivity index (χ1n) is 9.15. The van der Waals surface area contributed by atoms with Crippen LogP contribution in [0.1, 0.15) is 42.2 Å². The van der Waals surface area contributed by atoms with Crippen molar-refractivity contribution < 1.29 is 14.1 Å². The highest BCUT2D eigenvalue weighted by Gasteiger charge is 2.18. The van der Waals surface area contributed by atoms with E-state index in [4.69, 9.17) is 9.26 Å². The van der Waals surface area contributed by atoms with Crippen molar-refractivity contribution in [3.63, 3.8) is 0 Å². The summed E-state index contributed by atoms with van der Waals surface area (Å²) in [6.07, 6.45) is 0.652. The van der Waals surface area contributed by atoms with E-state index < -0.39 is 0 Å². The van der Waals surface area contributed by atoms with Gasteiger partial charge in [0.25, 0.3) is 0 Å². The molecule has 1 aromatic carbocycles. The van der Waals surface area contributed by atoms with Crippen molar-refractivity contribution in [3.8, 4) is 17.1 Å². The third-order valence-electron chi connectivity index (χ3n) is 4.76. The Kier molecular flexibility index (Phi) is 5.77. The molecule has 1 atom stereocenters. The number of benzene rings is 1. The Morgan fingerprint density at radius 2 is 2.00 bits per heavy atom. The fraction of sp³-hybridized carbons (Fsp3) is 0.400. The van der Waals surface area contributed by atoms with Gasteiger partial charge in [-0.1, -0.05) is 5.16 Å². The first-order valence-corrected chi connectivity index (χ1v) is 9.15. The zero-order valence-electron chi connectivity index (χ0n) is 16.8. The minimum absolute atomic E-state index is 0.0700. The summed E-state index contributed by atoms with van der Waals surface area (Å²) in [5, 5.41) is 11.4. The molecular formula is C20H25N5O3. The maximum Gasteiger partial charge on any atom is 0.227 e. The summed E-state index contributed by atoms with van der Waals surface area (Å²) < 4.78 is 12.2. The van der Waals surface area contributed by atoms with Crippen molar-refractivity contribution in [1.29, 1.82) is 0 Å². The fourth-order valence-corrected chi connectivity index (χ4v) is 3.24. The highest BCUT2D eigenvalue weighted by Crippen LogP contribution is 2.22. The maximum absolute atomic E-state index is 12.3. The number of amides is 1. The average molecular weight is 383 g/mol. The number of hydrogen-bond donors (Lipinski definition) is 1. The molecular weight excluding hydrogens is 358 g/mol. The Morgan fingerprint density at radius 3 is 2.61 bits per heavy atom. The number of nitrogens with one attached hydrogen (secondary N) is 1. The highest BCUT2D eigenvalue weighted by molar-refractivity contribution is 5.76. The van der Waals surface area contributed by atoms with Crippen molar-refractivity contribution in [2.24, 2.45) is 7.05 Å². The molecule has 0 aliphatic carbocycles. The summed E-state index contributed by atoms with van der Waals surface area (Å²) in [5.41, 5.74) is 3.85. The zero-order valence-corrected chi connectivity index (χ0v) is 16.8. The highest BCUT2D eigenvalue weighted by atomic mass is 16.5. The number of nitrogens with zero attached hydrogens (tertiary/aromatic N) is 4. The molecule has 148 valence electrons. The van der Waals surface area contributed by atoms with E-state index in [9.17, 15) is 4.79 Å². The number of hydrogen-bond acceptors (Lipinski definition) is 6. The molecule has 2 aromatic heterocycles. The molecule has 2 heterocycles. The molecule has 0 spiro atoms. The van der Waals surface area contributed by atoms with E-state index in [0.29, 0.717) is 18.1 Å². The van der Waals surface area contributed by atoms with E-state index in [-0.39, 0.29) is 18.4 Å². The smallest absolute Gasteiger partial charge is 0.227 e. The second-order valence-electron chi connectivity index (χ2n) is 6.74. The van der Waals surface area contributed by atoms with Gasteiger partial charge in [-0.05, 0) is 45.0 Å². The molecule has 8 heteroatoms. The quantitative estimate of drug-likeness (QED) is 0.674. The molecule has 1 N–H and O–H groups in total. The van der Waals surface area contributed by atoms with Gasteiger partial charge >= 0.3 is 0 Å². The van der Waals surface area contributed by atoms with Crippen LogP contribution >= 0.6 is 0 Å². The molecule has 28 heavy (non-hydrogen) atoms. The first kappa shape index (κ1) is 19.6. The van der Waals surface area contributed by atoms with E-state index in [0.717, 1.165) is 28.3 Å². The molecule has 0 saturated carbocycles. The molecule has 0 aliphatic rings. The normalized spacial score (nSPS) is 12.0. The van der Waals surface area contributed by atoms with Crippen LogP contribution in [0.3, 0.4) is 0 Å². The summed E-state index contributed by atoms with van der Waals surface area (Å²) in [6, 6.07) is 7.28. The van der Waals surface area contributed by atoms with Crippen LogP contribution in [-0.4, -0.2) is 32.9 Å². The van der Waals surface area contributed by atoms with E-state index in [1.165, 1.54) is 0 Å². The van der Waals surface area contributed by atoms with Gasteiger partial charge in [-0.25, -0.2) is 0 Å². The fourth-order valence-electron chi connectivity index (χ4n) is 3.24. The van der Waals surface area contributed by atoms with Crippen molar-refractivity contribution in [2.75, 3.05) is 7.11 Å². The minimum atomic E-state index is -0.112. The topological polar surface area (TPSA) is 95.1 Å². The van der Waals surface area contributed by atoms with Crippen LogP contribution in [0.5, 0.6) is 5.75 Å². The van der Waals surface area contributed by atoms with E-state index in [1.807, 2.05) is 56.8 Å². The molecule has 3 aromatic rings. The Morgan fingerprint density at radius 1 is 1.29 bits per heavy atom. The summed E-state index contributed by atoms with van der Waals surface area (Å²) >= 11 is 0. The average Bonchev–Trinajstić information content (AvgIpc) is 3.24. The van der Waals surface area contributed by atoms with E-state index in [2.05, 4.69) is 20.6 Å². The Hall–Kier alpha value is -3.16. The van der Waals surface area contributed by atoms with Crippen molar-refractivity contribution in [2.45, 2.75) is 39.7 Å². The lowest BCUT2D eigenvalue weighted by molar-refractivity contribution is -0.121. The third-order valence-corrected chi connectivity index (χ3v) is 4.76. The molecule has 8 nitrogen and oxygen atoms in total. The number of ether oxygens (including phenoxy) is 1. The minimum Gasteiger partial charge on any atom is -0.497 e. The molecule has 0 radical (unpaired) electrons. The van der Waals surface area contributed by atoms with Gasteiger partial charge in [-0.3, -0.25) is 9.48 Å². The Balaban J connectivity index is 1.56. The lowest BCUT2D eigenvalue weighted by Crippen LogP contribution is -2.27. The van der Waals surface area contributed by atoms with E-state index in [1.54, 1.807) is 7.11 Å². The van der Waals surface area contributed by atoms with Crippen molar-refractivity contribution in [3.05, 3.63) is 47.1 Å². The molecule has 0 saturated heterocycles. The summed E-state index contributed by atoms with van der Waals surface area (Å²) in [4.78, 5) is 16.7. The van der Waals surface area contributed by atoms with Gasteiger partial charge in [0.1, 0.15) is 5.75 Å². The lowest BCUT2D eigenvalue weighted by atomic mass is 10.1. The van der Waals surface area contributed by atoms with Crippen molar-refractivity contribution in [1.82, 2.24) is 25.2 Å². The third kappa shape index (κ3) is 4.21. The number of aromatic nitrogens is 4. The molecule has 1 amide bonds. The number of rotatable bonds is 7. The summed E-state index contributed by atoms with van der Waals surface area (Å²) in [7, 11) is 3.51. The largest absolute Gasteiger partial charge is 0.497 e. The van der Waals surface area contributed by atoms with Gasteiger partial charge in [0.2, 0.25) is 17.6 Å². The number of aryl methyl sites for hydroxylation is 3. The number of carbonyl (C=O) groups is 1. The number of methoxy groups -OCH3 is 1. The SMILES string of the molecule is COc1ccc(-c2noc(CCC(=O)NC(C)c3c(C)nn(C)c3C)n2)cc1. The van der Waals surface area contributed by atoms with Gasteiger partial charge in [0, 0.05) is 36.7 Å². The lowest BCUT2D eigenvalue weighted by Gasteiger charge is -2.14. The number of carbonyl (C=O) groups excluding carboxylic acids is 1. The summed E-state index contributed by atoms with van der Waals surface area (Å²) in [6.45, 7) is 5.91. The standard InChI is InChI=1S/C20H25N5O3/c1-12(19-13(2)23-25(4)14(19)3)21-17(26)10-11-18-22-20(24-28-18)15-6-8-16(27-5)9-7-15/h6-9,12H,10-11H2,1-5H3,(H,21,26). The molecule has 0 bridgehead atoms. The van der Waals surface area contributed by atoms with Crippen LogP contribution in [-0.2, 0) is 18.3 Å². The van der Waals surface area contributed by atoms with Gasteiger partial charge in [0.05, 0.1) is 18.8 Å². The molecule has 0 aliphatic heterocycles. The zero-order chi connectivity index (χ0) is 20.3. The monoisotopic (exact) mass is 383 g/mol. The van der Waals surface area contributed by atoms with Gasteiger partial charge in [-0.15, -0.1) is 0 Å².